The lowest BCUT2D eigenvalue weighted by Crippen LogP contribution is -2.72. The van der Waals surface area contributed by atoms with E-state index in [0.29, 0.717) is 36.8 Å². The Morgan fingerprint density at radius 3 is 2.20 bits per heavy atom. The number of hydrogen-bond donors (Lipinski definition) is 5. The van der Waals surface area contributed by atoms with E-state index in [1.807, 2.05) is 6.08 Å². The third-order valence-corrected chi connectivity index (χ3v) is 13.1. The molecule has 4 saturated carbocycles. The number of carbonyl (C=O) groups is 2. The summed E-state index contributed by atoms with van der Waals surface area (Å²) in [6.07, 6.45) is 0.217. The molecule has 8 nitrogen and oxygen atoms in total. The molecule has 10 radical (unpaired) electrons. The van der Waals surface area contributed by atoms with Crippen molar-refractivity contribution in [3.8, 4) is 0 Å². The van der Waals surface area contributed by atoms with Crippen LogP contribution in [-0.2, 0) is 19.1 Å². The number of thiol groups is 1. The lowest BCUT2D eigenvalue weighted by Gasteiger charge is -2.73. The van der Waals surface area contributed by atoms with Crippen LogP contribution in [0.1, 0.15) is 65.7 Å². The first-order chi connectivity index (χ1) is 20.8. The molecule has 0 aromatic heterocycles. The van der Waals surface area contributed by atoms with Crippen LogP contribution >= 0.6 is 12.6 Å². The van der Waals surface area contributed by atoms with Crippen LogP contribution in [0.4, 0.5) is 0 Å². The van der Waals surface area contributed by atoms with Crippen LogP contribution < -0.4 is 0 Å². The van der Waals surface area contributed by atoms with Crippen LogP contribution in [0.15, 0.2) is 23.3 Å². The Morgan fingerprint density at radius 1 is 0.956 bits per heavy atom. The van der Waals surface area contributed by atoms with E-state index in [-0.39, 0.29) is 19.3 Å². The van der Waals surface area contributed by atoms with Gasteiger partial charge in [0.05, 0.1) is 63.5 Å². The quantitative estimate of drug-likeness (QED) is 0.101. The Kier molecular flexibility index (Phi) is 9.03. The number of esters is 2. The van der Waals surface area contributed by atoms with E-state index in [4.69, 9.17) is 61.3 Å². The molecule has 5 aliphatic carbocycles. The van der Waals surface area contributed by atoms with Gasteiger partial charge in [-0.2, -0.15) is 12.6 Å². The molecule has 0 spiro atoms. The average Bonchev–Trinajstić information content (AvgIpc) is 2.96. The van der Waals surface area contributed by atoms with Gasteiger partial charge in [-0.25, -0.2) is 4.79 Å². The fraction of sp³-hybridized carbons (Fsp3) is 0.806. The van der Waals surface area contributed by atoms with E-state index in [1.54, 1.807) is 19.9 Å². The Bertz CT molecular complexity index is 1300. The predicted octanol–water partition coefficient (Wildman–Crippen LogP) is 1.17. The molecule has 45 heavy (non-hydrogen) atoms. The van der Waals surface area contributed by atoms with E-state index in [2.05, 4.69) is 0 Å². The fourth-order valence-corrected chi connectivity index (χ4v) is 10.4. The minimum Gasteiger partial charge on any atom is -0.458 e. The molecule has 0 heterocycles. The molecule has 4 fully saturated rings. The maximum Gasteiger partial charge on any atom is 0.333 e. The van der Waals surface area contributed by atoms with Gasteiger partial charge in [0.15, 0.2) is 0 Å². The van der Waals surface area contributed by atoms with Crippen LogP contribution in [-0.4, -0.2) is 114 Å². The standard InChI is InChI=1S/C31H41B5O8S/c1-4-15(2)25(42)44-24-23(43-16(3)39)26(13-37)18(11-31(24,36)45)17-5-6-20-27(32)9-8-21(40)28(33,14-38)19(27)7-10-29(20,34)30(17,35)12-22(26)41/h4-5,18-24,37-38,40-41,45H,6-14H2,1-3H3/b15-4-/t18?,19?,20?,21-,22+,23-,24-,26-,27+,28-,29-,30-,31+/m0/s1. The summed E-state index contributed by atoms with van der Waals surface area (Å²) in [6, 6.07) is 0. The summed E-state index contributed by atoms with van der Waals surface area (Å²) in [5.41, 5.74) is -0.615. The Balaban J connectivity index is 1.63. The highest BCUT2D eigenvalue weighted by Crippen LogP contribution is 2.81. The van der Waals surface area contributed by atoms with Crippen molar-refractivity contribution >= 4 is 63.8 Å². The van der Waals surface area contributed by atoms with Crippen molar-refractivity contribution < 1.29 is 39.5 Å². The maximum atomic E-state index is 13.0. The molecule has 0 amide bonds. The zero-order chi connectivity index (χ0) is 33.5. The van der Waals surface area contributed by atoms with Crippen molar-refractivity contribution in [2.24, 2.45) is 23.2 Å². The smallest absolute Gasteiger partial charge is 0.333 e. The van der Waals surface area contributed by atoms with E-state index in [0.717, 1.165) is 0 Å². The maximum absolute atomic E-state index is 13.0. The summed E-state index contributed by atoms with van der Waals surface area (Å²) in [4.78, 5) is 25.5. The molecule has 0 aromatic carbocycles. The first-order valence-electron chi connectivity index (χ1n) is 15.8. The molecule has 234 valence electrons. The van der Waals surface area contributed by atoms with Crippen molar-refractivity contribution in [1.82, 2.24) is 0 Å². The second-order valence-electron chi connectivity index (χ2n) is 14.6. The van der Waals surface area contributed by atoms with Gasteiger partial charge >= 0.3 is 11.9 Å². The summed E-state index contributed by atoms with van der Waals surface area (Å²) < 4.78 is 10.0. The molecule has 0 bridgehead atoms. The van der Waals surface area contributed by atoms with Gasteiger partial charge in [-0.3, -0.25) is 4.79 Å². The molecule has 0 aromatic rings. The largest absolute Gasteiger partial charge is 0.458 e. The van der Waals surface area contributed by atoms with Gasteiger partial charge in [0.2, 0.25) is 0 Å². The molecular weight excluding hydrogens is 586 g/mol. The van der Waals surface area contributed by atoms with Crippen LogP contribution in [0.2, 0.25) is 21.3 Å². The van der Waals surface area contributed by atoms with Crippen molar-refractivity contribution in [2.45, 2.75) is 116 Å². The number of hydrogen-bond acceptors (Lipinski definition) is 9. The van der Waals surface area contributed by atoms with Gasteiger partial charge in [0.1, 0.15) is 12.2 Å². The topological polar surface area (TPSA) is 134 Å². The molecule has 0 saturated heterocycles. The highest BCUT2D eigenvalue weighted by Gasteiger charge is 2.73. The van der Waals surface area contributed by atoms with Crippen LogP contribution in [0, 0.1) is 23.2 Å². The molecule has 13 atom stereocenters. The van der Waals surface area contributed by atoms with Gasteiger partial charge in [-0.15, -0.1) is 0 Å². The summed E-state index contributed by atoms with van der Waals surface area (Å²) in [6.45, 7) is 3.35. The molecule has 0 aliphatic heterocycles. The lowest BCUT2D eigenvalue weighted by molar-refractivity contribution is -0.226. The fourth-order valence-electron chi connectivity index (χ4n) is 10.0. The number of aliphatic hydroxyl groups is 4. The van der Waals surface area contributed by atoms with E-state index in [1.165, 1.54) is 6.92 Å². The predicted molar refractivity (Wildman–Crippen MR) is 176 cm³/mol. The Morgan fingerprint density at radius 2 is 1.62 bits per heavy atom. The second-order valence-corrected chi connectivity index (χ2v) is 15.4. The van der Waals surface area contributed by atoms with Crippen molar-refractivity contribution in [3.63, 3.8) is 0 Å². The van der Waals surface area contributed by atoms with Crippen molar-refractivity contribution in [3.05, 3.63) is 23.3 Å². The van der Waals surface area contributed by atoms with Crippen molar-refractivity contribution in [2.75, 3.05) is 13.2 Å². The molecule has 5 rings (SSSR count). The van der Waals surface area contributed by atoms with E-state index in [9.17, 15) is 30.0 Å². The highest BCUT2D eigenvalue weighted by molar-refractivity contribution is 7.83. The minimum absolute atomic E-state index is 0.00285. The molecule has 3 unspecified atom stereocenters. The number of carbonyl (C=O) groups excluding carboxylic acids is 2. The summed E-state index contributed by atoms with van der Waals surface area (Å²) in [5, 5.41) is 39.6. The van der Waals surface area contributed by atoms with Gasteiger partial charge in [0, 0.05) is 23.8 Å². The Hall–Kier alpha value is -1.07. The SMILES string of the molecule is [B][C@]12CC[C@H](O)[C@]([B])(CO)C1CC[C@]1([B])C2CC=C2C3C[C@@]([B])(S)[C@@H](OC(=O)/C(C)=C\C)[C@H](OC(C)=O)[C@]3(CO)[C@H](O)C[C@]21[B]. The second kappa shape index (κ2) is 11.5. The summed E-state index contributed by atoms with van der Waals surface area (Å²) in [7, 11) is 35.4. The van der Waals surface area contributed by atoms with E-state index >= 15 is 0 Å². The highest BCUT2D eigenvalue weighted by atomic mass is 32.1. The number of fused-ring (bicyclic) bond motifs is 7. The molecular formula is C31H41B5O8S. The summed E-state index contributed by atoms with van der Waals surface area (Å²) >= 11 is 4.75. The van der Waals surface area contributed by atoms with Crippen LogP contribution in [0.3, 0.4) is 0 Å². The zero-order valence-electron chi connectivity index (χ0n) is 26.3. The third kappa shape index (κ3) is 4.76. The Labute approximate surface area is 278 Å². The number of rotatable bonds is 5. The monoisotopic (exact) mass is 628 g/mol. The zero-order valence-corrected chi connectivity index (χ0v) is 27.2. The molecule has 14 heteroatoms. The lowest BCUT2D eigenvalue weighted by atomic mass is 9.21. The minimum atomic E-state index is -1.57. The first-order valence-corrected chi connectivity index (χ1v) is 16.2. The normalized spacial score (nSPS) is 51.0. The van der Waals surface area contributed by atoms with Crippen LogP contribution in [0.25, 0.3) is 0 Å². The van der Waals surface area contributed by atoms with Crippen molar-refractivity contribution in [1.29, 1.82) is 0 Å². The average molecular weight is 628 g/mol. The van der Waals surface area contributed by atoms with Crippen LogP contribution in [0.5, 0.6) is 0 Å². The summed E-state index contributed by atoms with van der Waals surface area (Å²) in [5.74, 6) is -3.04. The third-order valence-electron chi connectivity index (χ3n) is 12.6. The van der Waals surface area contributed by atoms with Gasteiger partial charge in [-0.05, 0) is 67.9 Å². The number of ether oxygens (including phenoxy) is 2. The molecule has 5 aliphatic rings. The first kappa shape index (κ1) is 35.2. The van der Waals surface area contributed by atoms with E-state index < -0.39 is 98.6 Å². The van der Waals surface area contributed by atoms with Gasteiger partial charge in [0.25, 0.3) is 0 Å². The van der Waals surface area contributed by atoms with Gasteiger partial charge in [-0.1, -0.05) is 47.6 Å². The van der Waals surface area contributed by atoms with Gasteiger partial charge < -0.3 is 29.9 Å². The number of aliphatic hydroxyl groups excluding tert-OH is 4. The molecule has 4 N–H and O–H groups in total. The number of allylic oxidation sites excluding steroid dienone is 3.